The molecule has 0 aliphatic carbocycles. The molecule has 1 atom stereocenters. The van der Waals surface area contributed by atoms with Gasteiger partial charge in [-0.2, -0.15) is 5.10 Å². The smallest absolute Gasteiger partial charge is 0.354 e. The molecule has 6 aromatic rings. The number of aromatic nitrogens is 4. The quantitative estimate of drug-likeness (QED) is 0.135. The molecule has 0 spiro atoms. The van der Waals surface area contributed by atoms with Crippen molar-refractivity contribution in [3.05, 3.63) is 97.5 Å². The third-order valence-corrected chi connectivity index (χ3v) is 11.5. The van der Waals surface area contributed by atoms with Crippen molar-refractivity contribution in [3.63, 3.8) is 0 Å². The van der Waals surface area contributed by atoms with Crippen molar-refractivity contribution in [2.75, 3.05) is 24.7 Å². The highest BCUT2D eigenvalue weighted by Crippen LogP contribution is 2.46. The van der Waals surface area contributed by atoms with Crippen molar-refractivity contribution in [1.29, 1.82) is 0 Å². The number of anilines is 1. The van der Waals surface area contributed by atoms with Crippen LogP contribution in [0, 0.1) is 34.6 Å². The Balaban J connectivity index is 1.42. The standard InChI is InChI=1S/C41H43Cl2N5O5/c1-21-10-13-32-30(17-21)37(39(41(51)52)46(32)14-15-49)47-20-24(4)48-36-29(11-12-31(42)34(36)33-25(5)44-45(7)26(33)6)28(38(48)40(47)50)9-8-16-53-27-18-22(2)35(43)23(3)19-27/h10-13,17-19,24,49H,8-9,14-16,20H2,1-7H3,(H,51,52)/t24-/m1/s1. The van der Waals surface area contributed by atoms with E-state index in [9.17, 15) is 15.0 Å². The van der Waals surface area contributed by atoms with Crippen LogP contribution < -0.4 is 9.64 Å². The molecule has 2 N–H and O–H groups in total. The number of carbonyl (C=O) groups excluding carboxylic acids is 1. The second kappa shape index (κ2) is 13.9. The molecule has 0 radical (unpaired) electrons. The lowest BCUT2D eigenvalue weighted by atomic mass is 9.98. The van der Waals surface area contributed by atoms with Crippen molar-refractivity contribution < 1.29 is 24.5 Å². The van der Waals surface area contributed by atoms with Crippen LogP contribution in [0.25, 0.3) is 32.9 Å². The van der Waals surface area contributed by atoms with Crippen LogP contribution in [-0.4, -0.2) is 60.8 Å². The molecule has 1 amide bonds. The molecule has 12 heteroatoms. The predicted molar refractivity (Wildman–Crippen MR) is 210 cm³/mol. The number of ether oxygens (including phenoxy) is 1. The first-order valence-corrected chi connectivity index (χ1v) is 18.5. The summed E-state index contributed by atoms with van der Waals surface area (Å²) in [5.41, 5.74) is 9.46. The van der Waals surface area contributed by atoms with Crippen LogP contribution in [0.5, 0.6) is 5.75 Å². The SMILES string of the molecule is Cc1ccc2c(c1)c(N1C[C@@H](C)n3c(c(CCCOc4cc(C)c(Cl)c(C)c4)c4ccc(Cl)c(-c5c(C)nn(C)c5C)c43)C1=O)c(C(=O)O)n2CCO. The van der Waals surface area contributed by atoms with Crippen molar-refractivity contribution in [3.8, 4) is 16.9 Å². The van der Waals surface area contributed by atoms with Gasteiger partial charge in [0.1, 0.15) is 11.4 Å². The Labute approximate surface area is 318 Å². The zero-order valence-electron chi connectivity index (χ0n) is 31.0. The van der Waals surface area contributed by atoms with E-state index < -0.39 is 5.97 Å². The van der Waals surface area contributed by atoms with E-state index in [-0.39, 0.29) is 37.3 Å². The number of aryl methyl sites for hydroxylation is 6. The monoisotopic (exact) mass is 755 g/mol. The van der Waals surface area contributed by atoms with Gasteiger partial charge < -0.3 is 29.0 Å². The second-order valence-electron chi connectivity index (χ2n) is 14.2. The summed E-state index contributed by atoms with van der Waals surface area (Å²) in [6, 6.07) is 13.1. The molecule has 0 fully saturated rings. The Hall–Kier alpha value is -4.77. The normalized spacial score (nSPS) is 14.5. The summed E-state index contributed by atoms with van der Waals surface area (Å²) in [4.78, 5) is 29.9. The van der Waals surface area contributed by atoms with Crippen LogP contribution in [0.1, 0.15) is 74.0 Å². The van der Waals surface area contributed by atoms with Gasteiger partial charge in [-0.15, -0.1) is 0 Å². The van der Waals surface area contributed by atoms with Crippen molar-refractivity contribution in [1.82, 2.24) is 18.9 Å². The van der Waals surface area contributed by atoms with E-state index >= 15 is 4.79 Å². The number of hydrogen-bond acceptors (Lipinski definition) is 5. The molecule has 4 heterocycles. The first-order chi connectivity index (χ1) is 25.2. The van der Waals surface area contributed by atoms with Crippen molar-refractivity contribution in [2.24, 2.45) is 7.05 Å². The van der Waals surface area contributed by atoms with E-state index in [1.807, 2.05) is 95.7 Å². The minimum absolute atomic E-state index is 0.0291. The van der Waals surface area contributed by atoms with Crippen LogP contribution in [0.3, 0.4) is 0 Å². The summed E-state index contributed by atoms with van der Waals surface area (Å²) < 4.78 is 11.7. The molecule has 10 nitrogen and oxygen atoms in total. The van der Waals surface area contributed by atoms with Gasteiger partial charge in [0.2, 0.25) is 0 Å². The average molecular weight is 757 g/mol. The number of carboxylic acid groups (broad SMARTS) is 1. The minimum Gasteiger partial charge on any atom is -0.494 e. The largest absolute Gasteiger partial charge is 0.494 e. The van der Waals surface area contributed by atoms with E-state index in [0.717, 1.165) is 66.4 Å². The summed E-state index contributed by atoms with van der Waals surface area (Å²) in [7, 11) is 1.90. The first-order valence-electron chi connectivity index (χ1n) is 17.8. The highest BCUT2D eigenvalue weighted by molar-refractivity contribution is 6.35. The topological polar surface area (TPSA) is 115 Å². The number of halogens is 2. The van der Waals surface area contributed by atoms with Crippen LogP contribution in [0.15, 0.2) is 42.5 Å². The minimum atomic E-state index is -1.17. The summed E-state index contributed by atoms with van der Waals surface area (Å²) >= 11 is 13.5. The molecule has 53 heavy (non-hydrogen) atoms. The van der Waals surface area contributed by atoms with Gasteiger partial charge in [0.15, 0.2) is 5.69 Å². The molecule has 3 aromatic heterocycles. The summed E-state index contributed by atoms with van der Waals surface area (Å²) in [6.07, 6.45) is 1.12. The Morgan fingerprint density at radius 3 is 2.36 bits per heavy atom. The fourth-order valence-electron chi connectivity index (χ4n) is 8.20. The fourth-order valence-corrected chi connectivity index (χ4v) is 8.55. The van der Waals surface area contributed by atoms with Gasteiger partial charge in [-0.05, 0) is 101 Å². The number of nitrogens with zero attached hydrogens (tertiary/aromatic N) is 5. The Morgan fingerprint density at radius 1 is 1.00 bits per heavy atom. The van der Waals surface area contributed by atoms with Crippen molar-refractivity contribution in [2.45, 2.75) is 67.0 Å². The average Bonchev–Trinajstić information content (AvgIpc) is 3.70. The number of fused-ring (bicyclic) bond motifs is 4. The third-order valence-electron chi connectivity index (χ3n) is 10.6. The van der Waals surface area contributed by atoms with E-state index in [1.54, 1.807) is 9.47 Å². The zero-order valence-corrected chi connectivity index (χ0v) is 32.5. The molecule has 3 aromatic carbocycles. The third kappa shape index (κ3) is 5.97. The maximum Gasteiger partial charge on any atom is 0.354 e. The lowest BCUT2D eigenvalue weighted by Gasteiger charge is -2.34. The second-order valence-corrected chi connectivity index (χ2v) is 15.0. The van der Waals surface area contributed by atoms with Gasteiger partial charge in [0, 0.05) is 58.8 Å². The number of aliphatic hydroxyl groups is 1. The number of aromatic carboxylic acids is 1. The summed E-state index contributed by atoms with van der Waals surface area (Å²) in [6.45, 7) is 12.3. The van der Waals surface area contributed by atoms with Gasteiger partial charge in [-0.25, -0.2) is 4.79 Å². The molecule has 0 saturated carbocycles. The number of aliphatic hydroxyl groups excluding tert-OH is 1. The van der Waals surface area contributed by atoms with E-state index in [0.29, 0.717) is 46.8 Å². The molecular weight excluding hydrogens is 713 g/mol. The van der Waals surface area contributed by atoms with Gasteiger partial charge in [0.25, 0.3) is 5.91 Å². The van der Waals surface area contributed by atoms with Crippen LogP contribution in [0.4, 0.5) is 5.69 Å². The molecule has 1 aliphatic heterocycles. The van der Waals surface area contributed by atoms with Gasteiger partial charge in [0.05, 0.1) is 40.7 Å². The summed E-state index contributed by atoms with van der Waals surface area (Å²) in [5.74, 6) is -0.736. The van der Waals surface area contributed by atoms with Crippen LogP contribution >= 0.6 is 23.2 Å². The maximum atomic E-state index is 15.2. The van der Waals surface area contributed by atoms with E-state index in [2.05, 4.69) is 4.57 Å². The molecular formula is C41H43Cl2N5O5. The highest BCUT2D eigenvalue weighted by Gasteiger charge is 2.40. The summed E-state index contributed by atoms with van der Waals surface area (Å²) in [5, 5.41) is 28.1. The number of carbonyl (C=O) groups is 2. The fraction of sp³-hybridized carbons (Fsp3) is 0.341. The predicted octanol–water partition coefficient (Wildman–Crippen LogP) is 8.77. The van der Waals surface area contributed by atoms with Gasteiger partial charge >= 0.3 is 5.97 Å². The Bertz CT molecular complexity index is 2450. The molecule has 1 aliphatic rings. The number of carboxylic acids is 1. The molecule has 276 valence electrons. The van der Waals surface area contributed by atoms with Gasteiger partial charge in [-0.3, -0.25) is 9.48 Å². The number of rotatable bonds is 10. The zero-order chi connectivity index (χ0) is 38.0. The first kappa shape index (κ1) is 36.6. The number of benzene rings is 3. The lowest BCUT2D eigenvalue weighted by Crippen LogP contribution is -2.43. The molecule has 0 saturated heterocycles. The lowest BCUT2D eigenvalue weighted by molar-refractivity contribution is 0.0685. The number of hydrogen-bond donors (Lipinski definition) is 2. The molecule has 0 unspecified atom stereocenters. The van der Waals surface area contributed by atoms with Gasteiger partial charge in [-0.1, -0.05) is 40.9 Å². The van der Waals surface area contributed by atoms with E-state index in [1.165, 1.54) is 0 Å². The van der Waals surface area contributed by atoms with Crippen LogP contribution in [-0.2, 0) is 20.0 Å². The highest BCUT2D eigenvalue weighted by atomic mass is 35.5. The Kier molecular flexibility index (Phi) is 9.59. The maximum absolute atomic E-state index is 15.2. The molecule has 7 rings (SSSR count). The van der Waals surface area contributed by atoms with Crippen molar-refractivity contribution >= 4 is 62.6 Å². The number of amides is 1. The van der Waals surface area contributed by atoms with E-state index in [4.69, 9.17) is 33.0 Å². The van der Waals surface area contributed by atoms with Crippen LogP contribution in [0.2, 0.25) is 10.0 Å². The Morgan fingerprint density at radius 2 is 1.72 bits per heavy atom. The molecule has 0 bridgehead atoms.